The molecule has 2 aromatic heterocycles. The maximum Gasteiger partial charge on any atom is 0.160 e. The average Bonchev–Trinajstić information content (AvgIpc) is 3.73. The van der Waals surface area contributed by atoms with Gasteiger partial charge in [0.05, 0.1) is 22.9 Å². The number of alkyl halides is 2. The van der Waals surface area contributed by atoms with Crippen molar-refractivity contribution in [3.8, 4) is 0 Å². The number of nitrogens with zero attached hydrogens (tertiary/aromatic N) is 6. The van der Waals surface area contributed by atoms with Gasteiger partial charge in [-0.1, -0.05) is 126 Å². The Morgan fingerprint density at radius 1 is 0.648 bits per heavy atom. The van der Waals surface area contributed by atoms with Crippen LogP contribution in [0.3, 0.4) is 0 Å². The number of halogens is 2. The van der Waals surface area contributed by atoms with Crippen LogP contribution >= 0.6 is 56.9 Å². The van der Waals surface area contributed by atoms with Gasteiger partial charge >= 0.3 is 0 Å². The molecule has 0 saturated heterocycles. The Hall–Kier alpha value is 1.23. The van der Waals surface area contributed by atoms with E-state index in [2.05, 4.69) is 102 Å². The SMILES string of the molecule is CC.CC.CC.CC.CCI.CCI.Cc1nc2c(c([N-]c3[c-]cccc3)n1)CS(=O)(=O)C2.Cc1nc2c(c([N-]c3[c-]cccc3)n1)CSC2.[U].[U].[V].[V]. The van der Waals surface area contributed by atoms with Crippen LogP contribution in [0, 0.1) is 88.2 Å². The zero-order valence-corrected chi connectivity index (χ0v) is 50.9. The first-order chi connectivity index (χ1) is 24.2. The second-order valence-corrected chi connectivity index (χ2v) is 14.9. The van der Waals surface area contributed by atoms with Gasteiger partial charge in [0.1, 0.15) is 0 Å². The Bertz CT molecular complexity index is 1570. The smallest absolute Gasteiger partial charge is 0.160 e. The fourth-order valence-corrected chi connectivity index (χ4v) is 6.39. The fraction of sp³-hybridized carbons (Fsp3) is 0.474. The predicted molar refractivity (Wildman–Crippen MR) is 235 cm³/mol. The maximum atomic E-state index is 11.7. The van der Waals surface area contributed by atoms with Crippen LogP contribution in [0.15, 0.2) is 48.5 Å². The van der Waals surface area contributed by atoms with Crippen LogP contribution < -0.4 is 0 Å². The van der Waals surface area contributed by atoms with Crippen molar-refractivity contribution in [3.63, 3.8) is 0 Å². The van der Waals surface area contributed by atoms with Crippen LogP contribution in [0.25, 0.3) is 10.6 Å². The minimum atomic E-state index is -3.11. The summed E-state index contributed by atoms with van der Waals surface area (Å²) >= 11 is 6.44. The second kappa shape index (κ2) is 42.4. The van der Waals surface area contributed by atoms with Crippen LogP contribution in [-0.2, 0) is 70.0 Å². The van der Waals surface area contributed by atoms with Crippen molar-refractivity contribution in [3.05, 3.63) is 105 Å². The van der Waals surface area contributed by atoms with E-state index in [1.54, 1.807) is 19.1 Å². The van der Waals surface area contributed by atoms with Crippen molar-refractivity contribution < 1.29 is 108 Å². The molecule has 0 atom stereocenters. The van der Waals surface area contributed by atoms with E-state index in [4.69, 9.17) is 0 Å². The zero-order chi connectivity index (χ0) is 38.5. The summed E-state index contributed by atoms with van der Waals surface area (Å²) in [6, 6.07) is 21.0. The van der Waals surface area contributed by atoms with Gasteiger partial charge in [-0.05, 0) is 33.8 Å². The molecule has 0 bridgehead atoms. The average molecular weight is 1520 g/mol. The molecule has 6 rings (SSSR count). The Labute approximate surface area is 431 Å². The molecule has 4 aromatic rings. The monoisotopic (exact) mass is 1520 g/mol. The van der Waals surface area contributed by atoms with Crippen molar-refractivity contribution in [2.45, 2.75) is 106 Å². The number of thioether (sulfide) groups is 1. The molecule has 0 amide bonds. The van der Waals surface area contributed by atoms with Gasteiger partial charge in [-0.15, -0.1) is 0 Å². The molecule has 4 heterocycles. The largest absolute Gasteiger partial charge is 0.461 e. The van der Waals surface area contributed by atoms with E-state index in [0.29, 0.717) is 28.6 Å². The summed E-state index contributed by atoms with van der Waals surface area (Å²) in [5.41, 5.74) is 4.96. The molecule has 54 heavy (non-hydrogen) atoms. The van der Waals surface area contributed by atoms with Crippen molar-refractivity contribution in [2.24, 2.45) is 0 Å². The third-order valence-corrected chi connectivity index (χ3v) is 7.82. The van der Waals surface area contributed by atoms with Crippen LogP contribution in [-0.4, -0.2) is 37.2 Å². The number of aryl methyl sites for hydroxylation is 2. The molecule has 2 aromatic carbocycles. The van der Waals surface area contributed by atoms with Crippen molar-refractivity contribution >= 4 is 89.8 Å². The molecule has 8 nitrogen and oxygen atoms in total. The summed E-state index contributed by atoms with van der Waals surface area (Å²) in [6.45, 7) is 23.9. The van der Waals surface area contributed by atoms with Gasteiger partial charge in [-0.25, -0.2) is 8.42 Å². The predicted octanol–water partition coefficient (Wildman–Crippen LogP) is 13.0. The molecule has 298 valence electrons. The molecular formula is C38H56I2N6O2S2U2V2-4. The number of fused-ring (bicyclic) bond motifs is 2. The van der Waals surface area contributed by atoms with E-state index in [1.807, 2.05) is 110 Å². The normalized spacial score (nSPS) is 11.0. The zero-order valence-electron chi connectivity index (χ0n) is 33.8. The van der Waals surface area contributed by atoms with Gasteiger partial charge in [0.15, 0.2) is 9.84 Å². The molecule has 0 saturated carbocycles. The molecule has 2 aliphatic rings. The fourth-order valence-electron chi connectivity index (χ4n) is 3.86. The summed E-state index contributed by atoms with van der Waals surface area (Å²) in [5.74, 6) is 4.44. The first-order valence-corrected chi connectivity index (χ1v) is 23.2. The second-order valence-electron chi connectivity index (χ2n) is 8.82. The van der Waals surface area contributed by atoms with Crippen LogP contribution in [0.2, 0.25) is 0 Å². The topological polar surface area (TPSA) is 114 Å². The Kier molecular flexibility index (Phi) is 52.6. The van der Waals surface area contributed by atoms with Gasteiger partial charge in [0.25, 0.3) is 0 Å². The number of para-hydroxylation sites is 2. The number of benzene rings is 2. The Morgan fingerprint density at radius 3 is 1.43 bits per heavy atom. The number of rotatable bonds is 4. The minimum Gasteiger partial charge on any atom is -0.461 e. The van der Waals surface area contributed by atoms with Crippen LogP contribution in [0.4, 0.5) is 23.0 Å². The van der Waals surface area contributed by atoms with Crippen molar-refractivity contribution in [1.82, 2.24) is 19.9 Å². The minimum absolute atomic E-state index is 0. The van der Waals surface area contributed by atoms with E-state index in [0.717, 1.165) is 34.5 Å². The van der Waals surface area contributed by atoms with E-state index in [9.17, 15) is 8.42 Å². The molecule has 0 aliphatic carbocycles. The molecule has 16 heteroatoms. The van der Waals surface area contributed by atoms with Crippen LogP contribution in [0.1, 0.15) is 103 Å². The number of sulfone groups is 1. The molecule has 0 spiro atoms. The van der Waals surface area contributed by atoms with Gasteiger partial charge < -0.3 is 20.6 Å². The summed E-state index contributed by atoms with van der Waals surface area (Å²) < 4.78 is 25.8. The molecular weight excluding hydrogens is 1470 g/mol. The summed E-state index contributed by atoms with van der Waals surface area (Å²) in [6.07, 6.45) is 0. The van der Waals surface area contributed by atoms with E-state index in [-0.39, 0.29) is 111 Å². The van der Waals surface area contributed by atoms with E-state index >= 15 is 0 Å². The Balaban J connectivity index is -0.000000152. The molecule has 0 N–H and O–H groups in total. The third kappa shape index (κ3) is 27.1. The van der Waals surface area contributed by atoms with E-state index < -0.39 is 9.84 Å². The van der Waals surface area contributed by atoms with Gasteiger partial charge in [-0.2, -0.15) is 83.8 Å². The third-order valence-electron chi connectivity index (χ3n) is 5.41. The maximum absolute atomic E-state index is 11.7. The van der Waals surface area contributed by atoms with Gasteiger partial charge in [0, 0.05) is 122 Å². The van der Waals surface area contributed by atoms with Crippen LogP contribution in [0.5, 0.6) is 0 Å². The van der Waals surface area contributed by atoms with Crippen molar-refractivity contribution in [1.29, 1.82) is 0 Å². The van der Waals surface area contributed by atoms with Gasteiger partial charge in [-0.3, -0.25) is 9.97 Å². The first-order valence-electron chi connectivity index (χ1n) is 17.2. The summed E-state index contributed by atoms with van der Waals surface area (Å²) in [5, 5.41) is 8.92. The number of hydrogen-bond acceptors (Lipinski definition) is 7. The molecule has 0 fully saturated rings. The molecule has 2 aliphatic heterocycles. The summed E-state index contributed by atoms with van der Waals surface area (Å²) in [4.78, 5) is 17.3. The standard InChI is InChI=1S/C13H11N3O2S.C13H11N3S.2C2H5I.4C2H6.2U.2V/c1-9-14-12-8-19(17,18)7-11(12)13(15-9)16-10-5-3-2-4-6-10;1-9-14-12-8-17-7-11(12)13(15-9)16-10-5-3-2-4-6-10;2*1-2-3;4*1-2;;;;/h2-5H,7-8H2,1H3;2-5H,7-8H2,1H3;2*2H2,1H3;4*1-2H3;;;;/q2*-2;;;;;;;;;;. The van der Waals surface area contributed by atoms with Gasteiger partial charge in [0.2, 0.25) is 0 Å². The first kappa shape index (κ1) is 67.0. The summed E-state index contributed by atoms with van der Waals surface area (Å²) in [7, 11) is -3.11. The molecule has 0 unspecified atom stereocenters. The quantitative estimate of drug-likeness (QED) is 0.114. The number of hydrogen-bond donors (Lipinski definition) is 0. The Morgan fingerprint density at radius 2 is 1.04 bits per heavy atom. The van der Waals surface area contributed by atoms with Crippen molar-refractivity contribution in [2.75, 3.05) is 8.86 Å². The van der Waals surface area contributed by atoms with E-state index in [1.165, 1.54) is 14.4 Å². The molecule has 2 radical (unpaired) electrons. The number of aromatic nitrogens is 4.